The van der Waals surface area contributed by atoms with E-state index in [0.717, 1.165) is 5.92 Å². The van der Waals surface area contributed by atoms with Gasteiger partial charge in [-0.15, -0.1) is 0 Å². The van der Waals surface area contributed by atoms with Gasteiger partial charge in [0.05, 0.1) is 6.10 Å². The number of nitrogens with zero attached hydrogens (tertiary/aromatic N) is 1. The normalized spacial score (nSPS) is 49.1. The van der Waals surface area contributed by atoms with Crippen LogP contribution in [0.3, 0.4) is 0 Å². The summed E-state index contributed by atoms with van der Waals surface area (Å²) in [6.07, 6.45) is 3.83. The lowest BCUT2D eigenvalue weighted by Gasteiger charge is -2.32. The van der Waals surface area contributed by atoms with Crippen LogP contribution in [0.4, 0.5) is 0 Å². The van der Waals surface area contributed by atoms with Crippen LogP contribution in [0.25, 0.3) is 0 Å². The molecule has 0 aromatic rings. The lowest BCUT2D eigenvalue weighted by atomic mass is 9.92. The lowest BCUT2D eigenvalue weighted by molar-refractivity contribution is 0.0349. The molecular weight excluding hydrogens is 138 g/mol. The van der Waals surface area contributed by atoms with Gasteiger partial charge >= 0.3 is 0 Å². The molecule has 2 bridgehead atoms. The fourth-order valence-corrected chi connectivity index (χ4v) is 2.96. The molecule has 2 saturated carbocycles. The Bertz CT molecular complexity index is 156. The topological polar surface area (TPSA) is 23.5 Å². The fourth-order valence-electron chi connectivity index (χ4n) is 2.96. The van der Waals surface area contributed by atoms with Gasteiger partial charge in [0.1, 0.15) is 0 Å². The first-order chi connectivity index (χ1) is 5.20. The Morgan fingerprint density at radius 3 is 2.18 bits per heavy atom. The highest BCUT2D eigenvalue weighted by Crippen LogP contribution is 2.46. The number of likely N-dealkylation sites (N-methyl/N-ethyl adjacent to an activating group) is 1. The van der Waals surface area contributed by atoms with E-state index in [1.165, 1.54) is 19.3 Å². The highest BCUT2D eigenvalue weighted by atomic mass is 16.3. The first kappa shape index (κ1) is 7.56. The molecule has 2 aliphatic rings. The molecule has 2 aliphatic carbocycles. The standard InChI is InChI=1S/C9H17NO/c1-10(2)8-6-3-4-7(5-6)9(8)11/h6-9,11H,3-5H2,1-2H3/t6-,7+,8-,9+/m1/s1. The van der Waals surface area contributed by atoms with Gasteiger partial charge < -0.3 is 10.0 Å². The Labute approximate surface area is 68.2 Å². The predicted octanol–water partition coefficient (Wildman–Crippen LogP) is 0.707. The van der Waals surface area contributed by atoms with Gasteiger partial charge in [-0.05, 0) is 45.2 Å². The molecule has 0 aliphatic heterocycles. The second kappa shape index (κ2) is 2.46. The van der Waals surface area contributed by atoms with Crippen LogP contribution in [-0.4, -0.2) is 36.2 Å². The minimum Gasteiger partial charge on any atom is -0.391 e. The van der Waals surface area contributed by atoms with E-state index in [1.807, 2.05) is 0 Å². The van der Waals surface area contributed by atoms with Crippen molar-refractivity contribution in [3.63, 3.8) is 0 Å². The number of fused-ring (bicyclic) bond motifs is 2. The average molecular weight is 155 g/mol. The molecule has 0 heterocycles. The van der Waals surface area contributed by atoms with Crippen molar-refractivity contribution in [2.45, 2.75) is 31.4 Å². The minimum absolute atomic E-state index is 0.0382. The van der Waals surface area contributed by atoms with E-state index in [-0.39, 0.29) is 6.10 Å². The minimum atomic E-state index is -0.0382. The molecule has 0 spiro atoms. The molecule has 0 saturated heterocycles. The zero-order valence-corrected chi connectivity index (χ0v) is 7.33. The van der Waals surface area contributed by atoms with Gasteiger partial charge in [0.2, 0.25) is 0 Å². The molecule has 0 radical (unpaired) electrons. The second-order valence-corrected chi connectivity index (χ2v) is 4.28. The van der Waals surface area contributed by atoms with Gasteiger partial charge in [0.25, 0.3) is 0 Å². The van der Waals surface area contributed by atoms with Crippen LogP contribution < -0.4 is 0 Å². The molecule has 2 nitrogen and oxygen atoms in total. The molecule has 1 N–H and O–H groups in total. The summed E-state index contributed by atoms with van der Waals surface area (Å²) in [4.78, 5) is 2.19. The first-order valence-electron chi connectivity index (χ1n) is 4.54. The van der Waals surface area contributed by atoms with Crippen molar-refractivity contribution in [1.82, 2.24) is 4.90 Å². The Balaban J connectivity index is 2.11. The molecule has 0 unspecified atom stereocenters. The Kier molecular flexibility index (Phi) is 1.69. The summed E-state index contributed by atoms with van der Waals surface area (Å²) < 4.78 is 0. The van der Waals surface area contributed by atoms with Gasteiger partial charge in [0, 0.05) is 6.04 Å². The van der Waals surface area contributed by atoms with Crippen LogP contribution in [0.2, 0.25) is 0 Å². The van der Waals surface area contributed by atoms with Crippen molar-refractivity contribution in [3.05, 3.63) is 0 Å². The van der Waals surface area contributed by atoms with Gasteiger partial charge in [-0.2, -0.15) is 0 Å². The van der Waals surface area contributed by atoms with Crippen LogP contribution in [0, 0.1) is 11.8 Å². The van der Waals surface area contributed by atoms with Crippen LogP contribution in [0.5, 0.6) is 0 Å². The molecule has 0 amide bonds. The molecule has 11 heavy (non-hydrogen) atoms. The smallest absolute Gasteiger partial charge is 0.0726 e. The van der Waals surface area contributed by atoms with Crippen LogP contribution >= 0.6 is 0 Å². The van der Waals surface area contributed by atoms with Gasteiger partial charge in [-0.25, -0.2) is 0 Å². The SMILES string of the molecule is CN(C)[C@@H]1[C@@H]2CC[C@@H](C2)[C@@H]1O. The van der Waals surface area contributed by atoms with E-state index < -0.39 is 0 Å². The largest absolute Gasteiger partial charge is 0.391 e. The Hall–Kier alpha value is -0.0800. The molecule has 0 aromatic carbocycles. The summed E-state index contributed by atoms with van der Waals surface area (Å²) in [7, 11) is 4.16. The van der Waals surface area contributed by atoms with Crippen molar-refractivity contribution < 1.29 is 5.11 Å². The maximum atomic E-state index is 9.81. The van der Waals surface area contributed by atoms with E-state index >= 15 is 0 Å². The zero-order valence-electron chi connectivity index (χ0n) is 7.33. The Morgan fingerprint density at radius 2 is 1.82 bits per heavy atom. The monoisotopic (exact) mass is 155 g/mol. The highest BCUT2D eigenvalue weighted by molar-refractivity contribution is 5.00. The van der Waals surface area contributed by atoms with Crippen LogP contribution in [0.15, 0.2) is 0 Å². The summed E-state index contributed by atoms with van der Waals surface area (Å²) in [5, 5.41) is 9.81. The lowest BCUT2D eigenvalue weighted by Crippen LogP contribution is -2.43. The number of aliphatic hydroxyl groups excluding tert-OH is 1. The van der Waals surface area contributed by atoms with Crippen molar-refractivity contribution in [1.29, 1.82) is 0 Å². The van der Waals surface area contributed by atoms with E-state index in [9.17, 15) is 5.11 Å². The Morgan fingerprint density at radius 1 is 1.18 bits per heavy atom. The summed E-state index contributed by atoms with van der Waals surface area (Å²) in [6.45, 7) is 0. The molecule has 4 atom stereocenters. The highest BCUT2D eigenvalue weighted by Gasteiger charge is 2.47. The van der Waals surface area contributed by atoms with E-state index in [0.29, 0.717) is 12.0 Å². The van der Waals surface area contributed by atoms with Crippen LogP contribution in [0.1, 0.15) is 19.3 Å². The fraction of sp³-hybridized carbons (Fsp3) is 1.00. The molecule has 2 fully saturated rings. The molecule has 2 heteroatoms. The quantitative estimate of drug-likeness (QED) is 0.602. The van der Waals surface area contributed by atoms with Crippen molar-refractivity contribution in [2.24, 2.45) is 11.8 Å². The third kappa shape index (κ3) is 1.00. The summed E-state index contributed by atoms with van der Waals surface area (Å²) in [5.74, 6) is 1.40. The van der Waals surface area contributed by atoms with Crippen molar-refractivity contribution in [2.75, 3.05) is 14.1 Å². The number of hydrogen-bond acceptors (Lipinski definition) is 2. The molecule has 2 rings (SSSR count). The maximum absolute atomic E-state index is 9.81. The number of rotatable bonds is 1. The van der Waals surface area contributed by atoms with E-state index in [4.69, 9.17) is 0 Å². The van der Waals surface area contributed by atoms with E-state index in [1.54, 1.807) is 0 Å². The zero-order chi connectivity index (χ0) is 8.01. The van der Waals surface area contributed by atoms with Gasteiger partial charge in [-0.1, -0.05) is 0 Å². The summed E-state index contributed by atoms with van der Waals surface area (Å²) >= 11 is 0. The maximum Gasteiger partial charge on any atom is 0.0726 e. The van der Waals surface area contributed by atoms with Gasteiger partial charge in [-0.3, -0.25) is 0 Å². The van der Waals surface area contributed by atoms with Gasteiger partial charge in [0.15, 0.2) is 0 Å². The van der Waals surface area contributed by atoms with E-state index in [2.05, 4.69) is 19.0 Å². The third-order valence-electron chi connectivity index (χ3n) is 3.43. The molecule has 0 aromatic heterocycles. The summed E-state index contributed by atoms with van der Waals surface area (Å²) in [5.41, 5.74) is 0. The molecular formula is C9H17NO. The predicted molar refractivity (Wildman–Crippen MR) is 44.3 cm³/mol. The van der Waals surface area contributed by atoms with Crippen molar-refractivity contribution >= 4 is 0 Å². The van der Waals surface area contributed by atoms with Crippen molar-refractivity contribution in [3.8, 4) is 0 Å². The second-order valence-electron chi connectivity index (χ2n) is 4.28. The first-order valence-corrected chi connectivity index (χ1v) is 4.54. The number of hydrogen-bond donors (Lipinski definition) is 1. The summed E-state index contributed by atoms with van der Waals surface area (Å²) in [6, 6.07) is 0.453. The average Bonchev–Trinajstić information content (AvgIpc) is 2.44. The number of aliphatic hydroxyl groups is 1. The van der Waals surface area contributed by atoms with Crippen LogP contribution in [-0.2, 0) is 0 Å². The third-order valence-corrected chi connectivity index (χ3v) is 3.43. The molecule has 64 valence electrons.